The SMILES string of the molecule is CS(=O)(=O)Nc1ccc(C(=CC2CCOCC2)C(=O)Nc2nccs2)cc1. The largest absolute Gasteiger partial charge is 0.381 e. The van der Waals surface area contributed by atoms with Crippen LogP contribution >= 0.6 is 11.3 Å². The third-order valence-corrected chi connectivity index (χ3v) is 5.36. The first kappa shape index (κ1) is 19.5. The smallest absolute Gasteiger partial charge is 0.257 e. The fraction of sp³-hybridized carbons (Fsp3) is 0.333. The van der Waals surface area contributed by atoms with Crippen LogP contribution in [0.5, 0.6) is 0 Å². The Balaban J connectivity index is 1.86. The van der Waals surface area contributed by atoms with Crippen molar-refractivity contribution in [1.82, 2.24) is 4.98 Å². The Labute approximate surface area is 162 Å². The fourth-order valence-electron chi connectivity index (χ4n) is 2.80. The van der Waals surface area contributed by atoms with E-state index >= 15 is 0 Å². The van der Waals surface area contributed by atoms with Crippen LogP contribution in [-0.2, 0) is 19.6 Å². The van der Waals surface area contributed by atoms with Crippen molar-refractivity contribution in [3.05, 3.63) is 47.5 Å². The Morgan fingerprint density at radius 1 is 1.26 bits per heavy atom. The van der Waals surface area contributed by atoms with Crippen molar-refractivity contribution >= 4 is 43.7 Å². The number of thiazole rings is 1. The molecule has 2 N–H and O–H groups in total. The summed E-state index contributed by atoms with van der Waals surface area (Å²) in [6, 6.07) is 6.76. The lowest BCUT2D eigenvalue weighted by Crippen LogP contribution is -2.18. The average molecular weight is 408 g/mol. The van der Waals surface area contributed by atoms with Gasteiger partial charge in [0.05, 0.1) is 6.26 Å². The third kappa shape index (κ3) is 5.88. The first-order chi connectivity index (χ1) is 12.9. The molecular weight excluding hydrogens is 386 g/mol. The molecule has 0 radical (unpaired) electrons. The molecule has 0 atom stereocenters. The highest BCUT2D eigenvalue weighted by molar-refractivity contribution is 7.92. The minimum absolute atomic E-state index is 0.236. The number of benzene rings is 1. The predicted octanol–water partition coefficient (Wildman–Crippen LogP) is 2.96. The minimum atomic E-state index is -3.35. The van der Waals surface area contributed by atoms with Gasteiger partial charge in [-0.15, -0.1) is 11.3 Å². The lowest BCUT2D eigenvalue weighted by Gasteiger charge is -2.20. The van der Waals surface area contributed by atoms with Gasteiger partial charge >= 0.3 is 0 Å². The van der Waals surface area contributed by atoms with E-state index in [9.17, 15) is 13.2 Å². The average Bonchev–Trinajstić information content (AvgIpc) is 3.13. The summed E-state index contributed by atoms with van der Waals surface area (Å²) in [6.07, 6.45) is 6.43. The van der Waals surface area contributed by atoms with Crippen LogP contribution in [0.2, 0.25) is 0 Å². The van der Waals surface area contributed by atoms with E-state index in [0.717, 1.165) is 24.7 Å². The highest BCUT2D eigenvalue weighted by atomic mass is 32.2. The molecule has 27 heavy (non-hydrogen) atoms. The maximum absolute atomic E-state index is 12.8. The highest BCUT2D eigenvalue weighted by Crippen LogP contribution is 2.26. The number of nitrogens with one attached hydrogen (secondary N) is 2. The van der Waals surface area contributed by atoms with Crippen LogP contribution in [0.3, 0.4) is 0 Å². The van der Waals surface area contributed by atoms with Crippen LogP contribution in [0.25, 0.3) is 5.57 Å². The van der Waals surface area contributed by atoms with Gasteiger partial charge < -0.3 is 4.74 Å². The number of nitrogens with zero attached hydrogens (tertiary/aromatic N) is 1. The highest BCUT2D eigenvalue weighted by Gasteiger charge is 2.18. The molecule has 0 aliphatic carbocycles. The molecule has 1 aromatic heterocycles. The molecule has 0 saturated carbocycles. The second-order valence-electron chi connectivity index (χ2n) is 6.27. The van der Waals surface area contributed by atoms with Crippen molar-refractivity contribution in [3.8, 4) is 0 Å². The molecular formula is C18H21N3O4S2. The van der Waals surface area contributed by atoms with Gasteiger partial charge in [-0.3, -0.25) is 14.8 Å². The van der Waals surface area contributed by atoms with Crippen molar-refractivity contribution < 1.29 is 17.9 Å². The molecule has 2 heterocycles. The summed E-state index contributed by atoms with van der Waals surface area (Å²) in [5.41, 5.74) is 1.71. The summed E-state index contributed by atoms with van der Waals surface area (Å²) in [6.45, 7) is 1.36. The van der Waals surface area contributed by atoms with E-state index in [-0.39, 0.29) is 11.8 Å². The number of amides is 1. The Bertz CT molecular complexity index is 901. The van der Waals surface area contributed by atoms with Gasteiger partial charge in [0.25, 0.3) is 5.91 Å². The van der Waals surface area contributed by atoms with E-state index < -0.39 is 10.0 Å². The molecule has 9 heteroatoms. The molecule has 0 spiro atoms. The molecule has 7 nitrogen and oxygen atoms in total. The Morgan fingerprint density at radius 2 is 1.96 bits per heavy atom. The monoisotopic (exact) mass is 407 g/mol. The molecule has 1 fully saturated rings. The number of rotatable bonds is 6. The van der Waals surface area contributed by atoms with Crippen LogP contribution in [0.4, 0.5) is 10.8 Å². The molecule has 1 saturated heterocycles. The zero-order chi connectivity index (χ0) is 19.3. The fourth-order valence-corrected chi connectivity index (χ4v) is 3.89. The number of ether oxygens (including phenoxy) is 1. The molecule has 2 aromatic rings. The minimum Gasteiger partial charge on any atom is -0.381 e. The van der Waals surface area contributed by atoms with Crippen molar-refractivity contribution in [2.45, 2.75) is 12.8 Å². The standard InChI is InChI=1S/C18H21N3O4S2/c1-27(23,24)21-15-4-2-14(3-5-15)16(12-13-6-9-25-10-7-13)17(22)20-18-19-8-11-26-18/h2-5,8,11-13,21H,6-7,9-10H2,1H3,(H,19,20,22). The quantitative estimate of drug-likeness (QED) is 0.718. The van der Waals surface area contributed by atoms with E-state index in [0.29, 0.717) is 29.6 Å². The zero-order valence-corrected chi connectivity index (χ0v) is 16.5. The van der Waals surface area contributed by atoms with E-state index in [1.807, 2.05) is 6.08 Å². The summed E-state index contributed by atoms with van der Waals surface area (Å²) in [7, 11) is -3.35. The van der Waals surface area contributed by atoms with Crippen molar-refractivity contribution in [1.29, 1.82) is 0 Å². The molecule has 1 aromatic carbocycles. The molecule has 0 bridgehead atoms. The van der Waals surface area contributed by atoms with Crippen LogP contribution in [-0.4, -0.2) is 38.8 Å². The van der Waals surface area contributed by atoms with Gasteiger partial charge in [0.1, 0.15) is 0 Å². The third-order valence-electron chi connectivity index (χ3n) is 4.06. The molecule has 1 aliphatic heterocycles. The molecule has 144 valence electrons. The van der Waals surface area contributed by atoms with E-state index in [2.05, 4.69) is 15.0 Å². The van der Waals surface area contributed by atoms with E-state index in [1.54, 1.807) is 35.8 Å². The second kappa shape index (κ2) is 8.64. The van der Waals surface area contributed by atoms with Gasteiger partial charge in [0.15, 0.2) is 5.13 Å². The van der Waals surface area contributed by atoms with Gasteiger partial charge in [-0.25, -0.2) is 13.4 Å². The van der Waals surface area contributed by atoms with Gasteiger partial charge in [-0.05, 0) is 36.5 Å². The van der Waals surface area contributed by atoms with Crippen LogP contribution in [0.1, 0.15) is 18.4 Å². The van der Waals surface area contributed by atoms with Crippen molar-refractivity contribution in [3.63, 3.8) is 0 Å². The summed E-state index contributed by atoms with van der Waals surface area (Å²) in [5, 5.41) is 5.15. The van der Waals surface area contributed by atoms with Crippen molar-refractivity contribution in [2.75, 3.05) is 29.5 Å². The first-order valence-corrected chi connectivity index (χ1v) is 11.3. The summed E-state index contributed by atoms with van der Waals surface area (Å²) in [5.74, 6) is 0.0184. The first-order valence-electron chi connectivity index (χ1n) is 8.49. The summed E-state index contributed by atoms with van der Waals surface area (Å²) < 4.78 is 30.5. The lowest BCUT2D eigenvalue weighted by atomic mass is 9.94. The maximum atomic E-state index is 12.8. The van der Waals surface area contributed by atoms with Crippen LogP contribution in [0.15, 0.2) is 41.9 Å². The molecule has 3 rings (SSSR count). The van der Waals surface area contributed by atoms with E-state index in [4.69, 9.17) is 4.74 Å². The number of hydrogen-bond donors (Lipinski definition) is 2. The van der Waals surface area contributed by atoms with E-state index in [1.165, 1.54) is 11.3 Å². The second-order valence-corrected chi connectivity index (χ2v) is 8.92. The van der Waals surface area contributed by atoms with Gasteiger partial charge in [0, 0.05) is 36.1 Å². The Morgan fingerprint density at radius 3 is 2.56 bits per heavy atom. The zero-order valence-electron chi connectivity index (χ0n) is 14.8. The van der Waals surface area contributed by atoms with Gasteiger partial charge in [-0.2, -0.15) is 0 Å². The number of carbonyl (C=O) groups is 1. The Hall–Kier alpha value is -2.23. The molecule has 0 unspecified atom stereocenters. The van der Waals surface area contributed by atoms with Crippen molar-refractivity contribution in [2.24, 2.45) is 5.92 Å². The molecule has 1 amide bonds. The topological polar surface area (TPSA) is 97.4 Å². The number of hydrogen-bond acceptors (Lipinski definition) is 6. The van der Waals surface area contributed by atoms with Gasteiger partial charge in [-0.1, -0.05) is 18.2 Å². The summed E-state index contributed by atoms with van der Waals surface area (Å²) >= 11 is 1.35. The number of carbonyl (C=O) groups excluding carboxylic acids is 1. The number of allylic oxidation sites excluding steroid dienone is 1. The summed E-state index contributed by atoms with van der Waals surface area (Å²) in [4.78, 5) is 16.9. The Kier molecular flexibility index (Phi) is 6.25. The van der Waals surface area contributed by atoms with Crippen LogP contribution < -0.4 is 10.0 Å². The number of anilines is 2. The van der Waals surface area contributed by atoms with Gasteiger partial charge in [0.2, 0.25) is 10.0 Å². The lowest BCUT2D eigenvalue weighted by molar-refractivity contribution is -0.111. The maximum Gasteiger partial charge on any atom is 0.257 e. The normalized spacial score (nSPS) is 16.1. The number of aromatic nitrogens is 1. The number of sulfonamides is 1. The van der Waals surface area contributed by atoms with Crippen LogP contribution in [0, 0.1) is 5.92 Å². The molecule has 1 aliphatic rings. The predicted molar refractivity (Wildman–Crippen MR) is 107 cm³/mol.